The van der Waals surface area contributed by atoms with Gasteiger partial charge >= 0.3 is 0 Å². The Hall–Kier alpha value is -0.780. The van der Waals surface area contributed by atoms with Gasteiger partial charge in [-0.05, 0) is 30.5 Å². The van der Waals surface area contributed by atoms with Gasteiger partial charge in [-0.25, -0.2) is 0 Å². The summed E-state index contributed by atoms with van der Waals surface area (Å²) in [5, 5.41) is 0. The molecule has 0 bridgehead atoms. The van der Waals surface area contributed by atoms with E-state index in [0.29, 0.717) is 0 Å². The Morgan fingerprint density at radius 3 is 2.86 bits per heavy atom. The summed E-state index contributed by atoms with van der Waals surface area (Å²) in [4.78, 5) is 0. The number of halogens is 1. The fraction of sp³-hybridized carbons (Fsp3) is 0.333. The first kappa shape index (κ1) is 11.3. The predicted molar refractivity (Wildman–Crippen MR) is 63.9 cm³/mol. The Labute approximate surface area is 93.8 Å². The summed E-state index contributed by atoms with van der Waals surface area (Å²) < 4.78 is 1.10. The van der Waals surface area contributed by atoms with Gasteiger partial charge in [0.1, 0.15) is 0 Å². The van der Waals surface area contributed by atoms with Gasteiger partial charge < -0.3 is 5.73 Å². The molecule has 1 aromatic carbocycles. The molecule has 0 spiro atoms. The van der Waals surface area contributed by atoms with Gasteiger partial charge in [0, 0.05) is 16.9 Å². The Morgan fingerprint density at radius 2 is 2.29 bits per heavy atom. The van der Waals surface area contributed by atoms with Crippen LogP contribution in [0.2, 0.25) is 0 Å². The topological polar surface area (TPSA) is 26.0 Å². The second-order valence-corrected chi connectivity index (χ2v) is 4.21. The summed E-state index contributed by atoms with van der Waals surface area (Å²) >= 11 is 3.49. The molecule has 2 N–H and O–H groups in total. The van der Waals surface area contributed by atoms with Crippen LogP contribution in [-0.4, -0.2) is 0 Å². The minimum absolute atomic E-state index is 0.0444. The van der Waals surface area contributed by atoms with Crippen LogP contribution in [0.4, 0.5) is 0 Å². The lowest BCUT2D eigenvalue weighted by Gasteiger charge is -2.11. The summed E-state index contributed by atoms with van der Waals surface area (Å²) in [6.07, 6.45) is 6.76. The van der Waals surface area contributed by atoms with E-state index in [4.69, 9.17) is 12.2 Å². The van der Waals surface area contributed by atoms with Crippen LogP contribution in [0.25, 0.3) is 0 Å². The minimum Gasteiger partial charge on any atom is -0.324 e. The van der Waals surface area contributed by atoms with Crippen molar-refractivity contribution >= 4 is 15.9 Å². The van der Waals surface area contributed by atoms with E-state index in [-0.39, 0.29) is 6.04 Å². The van der Waals surface area contributed by atoms with Crippen LogP contribution < -0.4 is 5.73 Å². The Morgan fingerprint density at radius 1 is 1.57 bits per heavy atom. The third-order valence-electron chi connectivity index (χ3n) is 2.22. The largest absolute Gasteiger partial charge is 0.324 e. The lowest BCUT2D eigenvalue weighted by atomic mass is 10.0. The van der Waals surface area contributed by atoms with Crippen molar-refractivity contribution in [2.45, 2.75) is 25.8 Å². The average Bonchev–Trinajstić information content (AvgIpc) is 2.18. The standard InChI is InChI=1S/C12H14BrN/c1-3-4-5-12(14)10-7-6-9(2)11(13)8-10/h1,6-8,12H,4-5,14H2,2H3. The van der Waals surface area contributed by atoms with Crippen molar-refractivity contribution in [3.05, 3.63) is 33.8 Å². The third-order valence-corrected chi connectivity index (χ3v) is 3.08. The van der Waals surface area contributed by atoms with Gasteiger partial charge in [-0.3, -0.25) is 0 Å². The van der Waals surface area contributed by atoms with E-state index >= 15 is 0 Å². The molecule has 2 heteroatoms. The molecule has 0 saturated carbocycles. The molecule has 0 aliphatic carbocycles. The van der Waals surface area contributed by atoms with E-state index in [0.717, 1.165) is 22.9 Å². The number of rotatable bonds is 3. The Kier molecular flexibility index (Phi) is 4.19. The maximum absolute atomic E-state index is 5.98. The smallest absolute Gasteiger partial charge is 0.0304 e. The van der Waals surface area contributed by atoms with Crippen molar-refractivity contribution in [3.63, 3.8) is 0 Å². The first-order valence-electron chi connectivity index (χ1n) is 4.60. The number of nitrogens with two attached hydrogens (primary N) is 1. The molecular formula is C12H14BrN. The first-order valence-corrected chi connectivity index (χ1v) is 5.39. The third kappa shape index (κ3) is 2.87. The molecule has 74 valence electrons. The Bertz CT molecular complexity index is 352. The van der Waals surface area contributed by atoms with E-state index in [1.807, 2.05) is 0 Å². The van der Waals surface area contributed by atoms with Crippen LogP contribution in [0.5, 0.6) is 0 Å². The molecule has 0 aliphatic rings. The average molecular weight is 252 g/mol. The van der Waals surface area contributed by atoms with Gasteiger partial charge in [0.15, 0.2) is 0 Å². The van der Waals surface area contributed by atoms with E-state index in [1.165, 1.54) is 5.56 Å². The van der Waals surface area contributed by atoms with Crippen molar-refractivity contribution in [2.24, 2.45) is 5.73 Å². The van der Waals surface area contributed by atoms with Gasteiger partial charge in [-0.2, -0.15) is 0 Å². The summed E-state index contributed by atoms with van der Waals surface area (Å²) in [6, 6.07) is 6.23. The van der Waals surface area contributed by atoms with Crippen molar-refractivity contribution < 1.29 is 0 Å². The maximum Gasteiger partial charge on any atom is 0.0304 e. The van der Waals surface area contributed by atoms with Gasteiger partial charge in [0.2, 0.25) is 0 Å². The summed E-state index contributed by atoms with van der Waals surface area (Å²) in [6.45, 7) is 2.06. The van der Waals surface area contributed by atoms with Crippen molar-refractivity contribution in [1.82, 2.24) is 0 Å². The van der Waals surface area contributed by atoms with E-state index < -0.39 is 0 Å². The lowest BCUT2D eigenvalue weighted by Crippen LogP contribution is -2.09. The first-order chi connectivity index (χ1) is 6.65. The van der Waals surface area contributed by atoms with Crippen LogP contribution in [0.1, 0.15) is 30.0 Å². The molecule has 0 saturated heterocycles. The van der Waals surface area contributed by atoms with Gasteiger partial charge in [0.25, 0.3) is 0 Å². The lowest BCUT2D eigenvalue weighted by molar-refractivity contribution is 0.667. The minimum atomic E-state index is 0.0444. The number of benzene rings is 1. The van der Waals surface area contributed by atoms with Crippen molar-refractivity contribution in [3.8, 4) is 12.3 Å². The van der Waals surface area contributed by atoms with Crippen LogP contribution in [0, 0.1) is 19.3 Å². The molecule has 0 amide bonds. The zero-order valence-electron chi connectivity index (χ0n) is 8.26. The highest BCUT2D eigenvalue weighted by Gasteiger charge is 2.06. The number of aryl methyl sites for hydroxylation is 1. The molecule has 0 fully saturated rings. The van der Waals surface area contributed by atoms with E-state index in [1.54, 1.807) is 0 Å². The van der Waals surface area contributed by atoms with E-state index in [2.05, 4.69) is 47.0 Å². The molecule has 0 aliphatic heterocycles. The van der Waals surface area contributed by atoms with E-state index in [9.17, 15) is 0 Å². The molecule has 1 atom stereocenters. The number of hydrogen-bond acceptors (Lipinski definition) is 1. The van der Waals surface area contributed by atoms with Crippen LogP contribution in [0.3, 0.4) is 0 Å². The van der Waals surface area contributed by atoms with Crippen molar-refractivity contribution in [1.29, 1.82) is 0 Å². The zero-order valence-corrected chi connectivity index (χ0v) is 9.84. The molecule has 14 heavy (non-hydrogen) atoms. The normalized spacial score (nSPS) is 12.1. The molecule has 0 radical (unpaired) electrons. The highest BCUT2D eigenvalue weighted by molar-refractivity contribution is 9.10. The molecule has 1 nitrogen and oxygen atoms in total. The van der Waals surface area contributed by atoms with Gasteiger partial charge in [-0.15, -0.1) is 12.3 Å². The molecule has 1 unspecified atom stereocenters. The fourth-order valence-electron chi connectivity index (χ4n) is 1.25. The quantitative estimate of drug-likeness (QED) is 0.821. The summed E-state index contributed by atoms with van der Waals surface area (Å²) in [7, 11) is 0. The second-order valence-electron chi connectivity index (χ2n) is 3.36. The van der Waals surface area contributed by atoms with Crippen LogP contribution >= 0.6 is 15.9 Å². The molecule has 1 aromatic rings. The maximum atomic E-state index is 5.98. The van der Waals surface area contributed by atoms with Crippen LogP contribution in [-0.2, 0) is 0 Å². The van der Waals surface area contributed by atoms with Gasteiger partial charge in [-0.1, -0.05) is 28.1 Å². The number of hydrogen-bond donors (Lipinski definition) is 1. The molecule has 0 aromatic heterocycles. The highest BCUT2D eigenvalue weighted by atomic mass is 79.9. The zero-order chi connectivity index (χ0) is 10.6. The monoisotopic (exact) mass is 251 g/mol. The van der Waals surface area contributed by atoms with Gasteiger partial charge in [0.05, 0.1) is 0 Å². The Balaban J connectivity index is 2.76. The summed E-state index contributed by atoms with van der Waals surface area (Å²) in [5.74, 6) is 2.60. The SMILES string of the molecule is C#CCCC(N)c1ccc(C)c(Br)c1. The fourth-order valence-corrected chi connectivity index (χ4v) is 1.64. The molecule has 1 rings (SSSR count). The second kappa shape index (κ2) is 5.19. The highest BCUT2D eigenvalue weighted by Crippen LogP contribution is 2.22. The number of terminal acetylenes is 1. The molecular weight excluding hydrogens is 238 g/mol. The van der Waals surface area contributed by atoms with Crippen molar-refractivity contribution in [2.75, 3.05) is 0 Å². The predicted octanol–water partition coefficient (Wildman–Crippen LogP) is 3.17. The van der Waals surface area contributed by atoms with Crippen LogP contribution in [0.15, 0.2) is 22.7 Å². The molecule has 0 heterocycles. The summed E-state index contributed by atoms with van der Waals surface area (Å²) in [5.41, 5.74) is 8.34.